The zero-order chi connectivity index (χ0) is 14.6. The second kappa shape index (κ2) is 6.89. The summed E-state index contributed by atoms with van der Waals surface area (Å²) in [7, 11) is 1.66. The van der Waals surface area contributed by atoms with Gasteiger partial charge in [-0.2, -0.15) is 0 Å². The molecule has 5 nitrogen and oxygen atoms in total. The van der Waals surface area contributed by atoms with Gasteiger partial charge in [0, 0.05) is 6.04 Å². The first-order valence-electron chi connectivity index (χ1n) is 7.05. The molecule has 0 aliphatic heterocycles. The number of hydrogen-bond donors (Lipinski definition) is 2. The molecule has 0 radical (unpaired) electrons. The lowest BCUT2D eigenvalue weighted by Gasteiger charge is -2.35. The maximum absolute atomic E-state index is 12.0. The average molecular weight is 270 g/mol. The lowest BCUT2D eigenvalue weighted by molar-refractivity contribution is -0.142. The van der Waals surface area contributed by atoms with Crippen molar-refractivity contribution < 1.29 is 14.7 Å². The van der Waals surface area contributed by atoms with Gasteiger partial charge in [-0.25, -0.2) is 0 Å². The Hall–Kier alpha value is -1.10. The van der Waals surface area contributed by atoms with E-state index in [1.165, 1.54) is 6.42 Å². The molecule has 1 amide bonds. The third kappa shape index (κ3) is 4.49. The number of likely N-dealkylation sites (N-methyl/N-ethyl adjacent to an activating group) is 1. The molecule has 5 heteroatoms. The summed E-state index contributed by atoms with van der Waals surface area (Å²) in [5.41, 5.74) is 0. The van der Waals surface area contributed by atoms with E-state index in [4.69, 9.17) is 5.11 Å². The van der Waals surface area contributed by atoms with Crippen LogP contribution in [0.2, 0.25) is 0 Å². The van der Waals surface area contributed by atoms with Crippen LogP contribution in [0.5, 0.6) is 0 Å². The standard InChI is InChI=1S/C14H26N2O3/c1-9-6-5-7-12(10(9)2)15-13(17)8-16(4)11(3)14(18)19/h9-12H,5-8H2,1-4H3,(H,15,17)(H,18,19)/t9-,10-,11+,12+/m1/s1. The van der Waals surface area contributed by atoms with Gasteiger partial charge >= 0.3 is 5.97 Å². The molecule has 110 valence electrons. The van der Waals surface area contributed by atoms with Gasteiger partial charge in [0.15, 0.2) is 0 Å². The molecule has 4 atom stereocenters. The summed E-state index contributed by atoms with van der Waals surface area (Å²) in [6, 6.07) is -0.418. The van der Waals surface area contributed by atoms with Crippen molar-refractivity contribution in [2.45, 2.75) is 52.1 Å². The second-order valence-electron chi connectivity index (χ2n) is 5.87. The largest absolute Gasteiger partial charge is 0.480 e. The van der Waals surface area contributed by atoms with E-state index in [9.17, 15) is 9.59 Å². The van der Waals surface area contributed by atoms with Crippen molar-refractivity contribution in [2.75, 3.05) is 13.6 Å². The molecule has 0 aromatic carbocycles. The number of hydrogen-bond acceptors (Lipinski definition) is 3. The molecule has 0 aromatic heterocycles. The van der Waals surface area contributed by atoms with Crippen LogP contribution < -0.4 is 5.32 Å². The zero-order valence-electron chi connectivity index (χ0n) is 12.3. The van der Waals surface area contributed by atoms with Crippen LogP contribution in [0, 0.1) is 11.8 Å². The molecular weight excluding hydrogens is 244 g/mol. The highest BCUT2D eigenvalue weighted by molar-refractivity contribution is 5.80. The number of aliphatic carboxylic acids is 1. The van der Waals surface area contributed by atoms with E-state index in [-0.39, 0.29) is 18.5 Å². The lowest BCUT2D eigenvalue weighted by Crippen LogP contribution is -2.48. The Bertz CT molecular complexity index is 333. The minimum atomic E-state index is -0.907. The lowest BCUT2D eigenvalue weighted by atomic mass is 9.78. The maximum atomic E-state index is 12.0. The fourth-order valence-corrected chi connectivity index (χ4v) is 2.59. The van der Waals surface area contributed by atoms with Gasteiger partial charge in [0.1, 0.15) is 6.04 Å². The number of carbonyl (C=O) groups is 2. The van der Waals surface area contributed by atoms with Gasteiger partial charge < -0.3 is 10.4 Å². The molecule has 1 fully saturated rings. The molecule has 1 saturated carbocycles. The first-order chi connectivity index (χ1) is 8.82. The molecule has 1 aliphatic carbocycles. The van der Waals surface area contributed by atoms with E-state index in [1.807, 2.05) is 0 Å². The monoisotopic (exact) mass is 270 g/mol. The average Bonchev–Trinajstić information content (AvgIpc) is 2.33. The van der Waals surface area contributed by atoms with Crippen molar-refractivity contribution >= 4 is 11.9 Å². The first-order valence-corrected chi connectivity index (χ1v) is 7.05. The Labute approximate surface area is 115 Å². The topological polar surface area (TPSA) is 69.6 Å². The Morgan fingerprint density at radius 2 is 2.00 bits per heavy atom. The SMILES string of the molecule is C[C@@H]1[C@H](C)CCC[C@@H]1NC(=O)CN(C)[C@@H](C)C(=O)O. The smallest absolute Gasteiger partial charge is 0.320 e. The molecule has 0 spiro atoms. The number of rotatable bonds is 5. The van der Waals surface area contributed by atoms with Gasteiger partial charge in [0.25, 0.3) is 0 Å². The Balaban J connectivity index is 2.44. The Morgan fingerprint density at radius 3 is 2.58 bits per heavy atom. The normalized spacial score (nSPS) is 29.0. The summed E-state index contributed by atoms with van der Waals surface area (Å²) in [5, 5.41) is 11.9. The number of nitrogens with one attached hydrogen (secondary N) is 1. The minimum Gasteiger partial charge on any atom is -0.480 e. The maximum Gasteiger partial charge on any atom is 0.320 e. The number of carboxylic acid groups (broad SMARTS) is 1. The zero-order valence-corrected chi connectivity index (χ0v) is 12.3. The molecule has 1 rings (SSSR count). The highest BCUT2D eigenvalue weighted by Crippen LogP contribution is 2.29. The summed E-state index contributed by atoms with van der Waals surface area (Å²) >= 11 is 0. The van der Waals surface area contributed by atoms with Crippen LogP contribution >= 0.6 is 0 Å². The summed E-state index contributed by atoms with van der Waals surface area (Å²) in [5.74, 6) is 0.131. The van der Waals surface area contributed by atoms with E-state index in [2.05, 4.69) is 19.2 Å². The van der Waals surface area contributed by atoms with E-state index in [1.54, 1.807) is 18.9 Å². The summed E-state index contributed by atoms with van der Waals surface area (Å²) in [4.78, 5) is 24.3. The van der Waals surface area contributed by atoms with Crippen LogP contribution in [0.25, 0.3) is 0 Å². The van der Waals surface area contributed by atoms with Crippen LogP contribution in [-0.4, -0.2) is 47.6 Å². The number of amides is 1. The third-order valence-electron chi connectivity index (χ3n) is 4.46. The van der Waals surface area contributed by atoms with Crippen molar-refractivity contribution in [3.05, 3.63) is 0 Å². The van der Waals surface area contributed by atoms with Gasteiger partial charge in [0.05, 0.1) is 6.54 Å². The molecular formula is C14H26N2O3. The van der Waals surface area contributed by atoms with Crippen LogP contribution in [0.4, 0.5) is 0 Å². The van der Waals surface area contributed by atoms with E-state index >= 15 is 0 Å². The van der Waals surface area contributed by atoms with Gasteiger partial charge in [-0.3, -0.25) is 14.5 Å². The molecule has 0 bridgehead atoms. The Kier molecular flexibility index (Phi) is 5.79. The number of nitrogens with zero attached hydrogens (tertiary/aromatic N) is 1. The predicted octanol–water partition coefficient (Wildman–Crippen LogP) is 1.33. The highest BCUT2D eigenvalue weighted by Gasteiger charge is 2.28. The summed E-state index contributed by atoms with van der Waals surface area (Å²) in [6.45, 7) is 6.12. The molecule has 1 aliphatic rings. The fraction of sp³-hybridized carbons (Fsp3) is 0.857. The molecule has 19 heavy (non-hydrogen) atoms. The van der Waals surface area contributed by atoms with Gasteiger partial charge in [-0.05, 0) is 32.2 Å². The van der Waals surface area contributed by atoms with Gasteiger partial charge in [0.2, 0.25) is 5.91 Å². The van der Waals surface area contributed by atoms with Crippen LogP contribution in [0.3, 0.4) is 0 Å². The molecule has 0 saturated heterocycles. The van der Waals surface area contributed by atoms with Crippen molar-refractivity contribution in [1.82, 2.24) is 10.2 Å². The minimum absolute atomic E-state index is 0.0819. The first kappa shape index (κ1) is 16.0. The van der Waals surface area contributed by atoms with Crippen LogP contribution in [0.15, 0.2) is 0 Å². The van der Waals surface area contributed by atoms with Gasteiger partial charge in [-0.15, -0.1) is 0 Å². The predicted molar refractivity (Wildman–Crippen MR) is 73.8 cm³/mol. The number of carbonyl (C=O) groups excluding carboxylic acids is 1. The molecule has 0 heterocycles. The number of carboxylic acids is 1. The molecule has 2 N–H and O–H groups in total. The van der Waals surface area contributed by atoms with Crippen molar-refractivity contribution in [1.29, 1.82) is 0 Å². The Morgan fingerprint density at radius 1 is 1.37 bits per heavy atom. The fourth-order valence-electron chi connectivity index (χ4n) is 2.59. The highest BCUT2D eigenvalue weighted by atomic mass is 16.4. The third-order valence-corrected chi connectivity index (χ3v) is 4.46. The van der Waals surface area contributed by atoms with E-state index < -0.39 is 12.0 Å². The second-order valence-corrected chi connectivity index (χ2v) is 5.87. The molecule has 0 unspecified atom stereocenters. The van der Waals surface area contributed by atoms with Crippen molar-refractivity contribution in [2.24, 2.45) is 11.8 Å². The van der Waals surface area contributed by atoms with E-state index in [0.29, 0.717) is 11.8 Å². The summed E-state index contributed by atoms with van der Waals surface area (Å²) in [6.07, 6.45) is 3.40. The van der Waals surface area contributed by atoms with Crippen LogP contribution in [0.1, 0.15) is 40.0 Å². The van der Waals surface area contributed by atoms with Crippen molar-refractivity contribution in [3.8, 4) is 0 Å². The summed E-state index contributed by atoms with van der Waals surface area (Å²) < 4.78 is 0. The molecule has 0 aromatic rings. The van der Waals surface area contributed by atoms with Crippen LogP contribution in [-0.2, 0) is 9.59 Å². The van der Waals surface area contributed by atoms with Gasteiger partial charge in [-0.1, -0.05) is 26.7 Å². The quantitative estimate of drug-likeness (QED) is 0.791. The van der Waals surface area contributed by atoms with Crippen molar-refractivity contribution in [3.63, 3.8) is 0 Å². The van der Waals surface area contributed by atoms with E-state index in [0.717, 1.165) is 12.8 Å².